The van der Waals surface area contributed by atoms with E-state index in [9.17, 15) is 10.1 Å². The number of esters is 1. The number of rotatable bonds is 6. The number of carbonyl (C=O) groups is 1. The van der Waals surface area contributed by atoms with Crippen LogP contribution in [0.2, 0.25) is 0 Å². The number of nitriles is 1. The molecular weight excluding hydrogens is 332 g/mol. The van der Waals surface area contributed by atoms with E-state index < -0.39 is 5.92 Å². The number of carbonyl (C=O) groups excluding carboxylic acids is 1. The molecule has 6 nitrogen and oxygen atoms in total. The van der Waals surface area contributed by atoms with Crippen LogP contribution in [0.4, 0.5) is 5.69 Å². The zero-order valence-electron chi connectivity index (χ0n) is 15.6. The quantitative estimate of drug-likeness (QED) is 0.728. The third kappa shape index (κ3) is 3.44. The van der Waals surface area contributed by atoms with E-state index in [0.29, 0.717) is 18.7 Å². The molecule has 2 heterocycles. The van der Waals surface area contributed by atoms with E-state index >= 15 is 0 Å². The Labute approximate surface area is 154 Å². The van der Waals surface area contributed by atoms with Gasteiger partial charge in [0.25, 0.3) is 0 Å². The van der Waals surface area contributed by atoms with Crippen molar-refractivity contribution in [2.75, 3.05) is 25.7 Å². The van der Waals surface area contributed by atoms with Gasteiger partial charge in [0.05, 0.1) is 26.9 Å². The Balaban J connectivity index is 1.81. The van der Waals surface area contributed by atoms with Crippen molar-refractivity contribution in [1.82, 2.24) is 0 Å². The van der Waals surface area contributed by atoms with E-state index in [0.717, 1.165) is 42.9 Å². The van der Waals surface area contributed by atoms with E-state index in [4.69, 9.17) is 14.2 Å². The Bertz CT molecular complexity index is 663. The van der Waals surface area contributed by atoms with Gasteiger partial charge in [-0.3, -0.25) is 4.79 Å². The van der Waals surface area contributed by atoms with Crippen molar-refractivity contribution in [3.8, 4) is 17.6 Å². The number of hydrogen-bond acceptors (Lipinski definition) is 6. The number of benzene rings is 1. The summed E-state index contributed by atoms with van der Waals surface area (Å²) in [5.41, 5.74) is 1.08. The summed E-state index contributed by atoms with van der Waals surface area (Å²) in [5.74, 6) is 0.542. The predicted octanol–water partition coefficient (Wildman–Crippen LogP) is 3.15. The molecule has 26 heavy (non-hydrogen) atoms. The van der Waals surface area contributed by atoms with Crippen molar-refractivity contribution in [3.63, 3.8) is 0 Å². The highest BCUT2D eigenvalue weighted by molar-refractivity contribution is 5.75. The molecule has 0 aromatic heterocycles. The molecule has 2 aliphatic heterocycles. The van der Waals surface area contributed by atoms with Crippen molar-refractivity contribution in [3.05, 3.63) is 18.2 Å². The normalized spacial score (nSPS) is 25.3. The van der Waals surface area contributed by atoms with E-state index in [2.05, 4.69) is 11.0 Å². The van der Waals surface area contributed by atoms with Gasteiger partial charge in [0.15, 0.2) is 0 Å². The van der Waals surface area contributed by atoms with Gasteiger partial charge in [0.1, 0.15) is 17.4 Å². The second-order valence-electron chi connectivity index (χ2n) is 6.95. The third-order valence-corrected chi connectivity index (χ3v) is 5.55. The lowest BCUT2D eigenvalue weighted by atomic mass is 9.81. The smallest absolute Gasteiger partial charge is 0.323 e. The molecule has 2 saturated heterocycles. The van der Waals surface area contributed by atoms with Crippen molar-refractivity contribution >= 4 is 11.7 Å². The first kappa shape index (κ1) is 18.4. The number of anilines is 1. The first-order valence-electron chi connectivity index (χ1n) is 9.18. The van der Waals surface area contributed by atoms with Crippen molar-refractivity contribution < 1.29 is 19.0 Å². The summed E-state index contributed by atoms with van der Waals surface area (Å²) >= 11 is 0. The third-order valence-electron chi connectivity index (χ3n) is 5.55. The molecular formula is C20H26N2O4. The van der Waals surface area contributed by atoms with Gasteiger partial charge < -0.3 is 19.1 Å². The highest BCUT2D eigenvalue weighted by atomic mass is 16.5. The van der Waals surface area contributed by atoms with Crippen LogP contribution in [0, 0.1) is 23.2 Å². The molecule has 0 amide bonds. The molecule has 2 bridgehead atoms. The Hall–Kier alpha value is -2.42. The van der Waals surface area contributed by atoms with Crippen LogP contribution in [0.25, 0.3) is 0 Å². The minimum atomic E-state index is -0.667. The summed E-state index contributed by atoms with van der Waals surface area (Å²) in [4.78, 5) is 14.6. The van der Waals surface area contributed by atoms with Gasteiger partial charge in [0.2, 0.25) is 0 Å². The SMILES string of the molecule is CCOC(=O)C(C#N)C1CC2CCC(C1)N2c1cc(OC)cc(OC)c1. The van der Waals surface area contributed by atoms with Crippen LogP contribution in [-0.2, 0) is 9.53 Å². The average Bonchev–Trinajstić information content (AvgIpc) is 2.92. The number of fused-ring (bicyclic) bond motifs is 2. The second-order valence-corrected chi connectivity index (χ2v) is 6.95. The topological polar surface area (TPSA) is 71.8 Å². The molecule has 0 aliphatic carbocycles. The molecule has 0 N–H and O–H groups in total. The Morgan fingerprint density at radius 3 is 2.23 bits per heavy atom. The van der Waals surface area contributed by atoms with Crippen LogP contribution in [0.1, 0.15) is 32.6 Å². The summed E-state index contributed by atoms with van der Waals surface area (Å²) in [6.45, 7) is 2.08. The van der Waals surface area contributed by atoms with Crippen LogP contribution in [0.5, 0.6) is 11.5 Å². The minimum absolute atomic E-state index is 0.0558. The summed E-state index contributed by atoms with van der Waals surface area (Å²) in [7, 11) is 3.30. The van der Waals surface area contributed by atoms with Crippen molar-refractivity contribution in [2.24, 2.45) is 11.8 Å². The van der Waals surface area contributed by atoms with E-state index in [1.165, 1.54) is 0 Å². The number of ether oxygens (including phenoxy) is 3. The van der Waals surface area contributed by atoms with Crippen LogP contribution >= 0.6 is 0 Å². The monoisotopic (exact) mass is 358 g/mol. The molecule has 140 valence electrons. The maximum absolute atomic E-state index is 12.1. The van der Waals surface area contributed by atoms with Gasteiger partial charge in [-0.05, 0) is 38.5 Å². The van der Waals surface area contributed by atoms with Crippen LogP contribution < -0.4 is 14.4 Å². The van der Waals surface area contributed by atoms with Crippen LogP contribution in [0.15, 0.2) is 18.2 Å². The predicted molar refractivity (Wildman–Crippen MR) is 97.3 cm³/mol. The molecule has 3 rings (SSSR count). The van der Waals surface area contributed by atoms with E-state index in [1.54, 1.807) is 21.1 Å². The lowest BCUT2D eigenvalue weighted by Crippen LogP contribution is -2.45. The number of piperidine rings is 1. The average molecular weight is 358 g/mol. The lowest BCUT2D eigenvalue weighted by Gasteiger charge is -2.41. The largest absolute Gasteiger partial charge is 0.497 e. The maximum atomic E-state index is 12.1. The standard InChI is InChI=1S/C20H26N2O4/c1-4-26-20(23)19(12-21)13-7-14-5-6-15(8-13)22(14)16-9-17(24-2)11-18(10-16)25-3/h9-11,13-15,19H,4-8H2,1-3H3. The molecule has 1 aromatic carbocycles. The molecule has 0 radical (unpaired) electrons. The molecule has 3 atom stereocenters. The minimum Gasteiger partial charge on any atom is -0.497 e. The molecule has 2 aliphatic rings. The zero-order valence-corrected chi connectivity index (χ0v) is 15.6. The van der Waals surface area contributed by atoms with Gasteiger partial charge in [0, 0.05) is 36.0 Å². The Morgan fingerprint density at radius 2 is 1.77 bits per heavy atom. The van der Waals surface area contributed by atoms with E-state index in [-0.39, 0.29) is 11.9 Å². The highest BCUT2D eigenvalue weighted by Crippen LogP contribution is 2.45. The van der Waals surface area contributed by atoms with Gasteiger partial charge >= 0.3 is 5.97 Å². The van der Waals surface area contributed by atoms with Gasteiger partial charge in [-0.1, -0.05) is 0 Å². The fraction of sp³-hybridized carbons (Fsp3) is 0.600. The van der Waals surface area contributed by atoms with Gasteiger partial charge in [-0.15, -0.1) is 0 Å². The Morgan fingerprint density at radius 1 is 1.19 bits per heavy atom. The molecule has 1 aromatic rings. The zero-order chi connectivity index (χ0) is 18.7. The fourth-order valence-corrected chi connectivity index (χ4v) is 4.44. The lowest BCUT2D eigenvalue weighted by molar-refractivity contribution is -0.148. The van der Waals surface area contributed by atoms with E-state index in [1.807, 2.05) is 18.2 Å². The molecule has 0 saturated carbocycles. The molecule has 6 heteroatoms. The summed E-state index contributed by atoms with van der Waals surface area (Å²) in [5, 5.41) is 9.49. The summed E-state index contributed by atoms with van der Waals surface area (Å²) < 4.78 is 15.9. The van der Waals surface area contributed by atoms with Gasteiger partial charge in [-0.25, -0.2) is 0 Å². The van der Waals surface area contributed by atoms with Gasteiger partial charge in [-0.2, -0.15) is 5.26 Å². The number of methoxy groups -OCH3 is 2. The summed E-state index contributed by atoms with van der Waals surface area (Å²) in [6.07, 6.45) is 3.80. The van der Waals surface area contributed by atoms with Crippen molar-refractivity contribution in [2.45, 2.75) is 44.7 Å². The molecule has 0 spiro atoms. The highest BCUT2D eigenvalue weighted by Gasteiger charge is 2.45. The Kier molecular flexibility index (Phi) is 5.55. The number of nitrogens with zero attached hydrogens (tertiary/aromatic N) is 2. The van der Waals surface area contributed by atoms with Crippen LogP contribution in [0.3, 0.4) is 0 Å². The first-order valence-corrected chi connectivity index (χ1v) is 9.18. The summed E-state index contributed by atoms with van der Waals surface area (Å²) in [6, 6.07) is 8.75. The fourth-order valence-electron chi connectivity index (χ4n) is 4.44. The maximum Gasteiger partial charge on any atom is 0.323 e. The van der Waals surface area contributed by atoms with Crippen LogP contribution in [-0.4, -0.2) is 38.9 Å². The number of hydrogen-bond donors (Lipinski definition) is 0. The molecule has 2 fully saturated rings. The second kappa shape index (κ2) is 7.86. The molecule has 3 unspecified atom stereocenters. The first-order chi connectivity index (χ1) is 12.6. The van der Waals surface area contributed by atoms with Crippen molar-refractivity contribution in [1.29, 1.82) is 5.26 Å².